The standard InChI is InChI=1S/C9H6BNO/c10-7-1-2-9-6(3-7)4-8(5-12)11-9/h1-5,11H. The van der Waals surface area contributed by atoms with Crippen LogP contribution in [0.3, 0.4) is 0 Å². The molecule has 2 rings (SSSR count). The molecule has 1 heterocycles. The highest BCUT2D eigenvalue weighted by molar-refractivity contribution is 6.33. The molecule has 0 aliphatic heterocycles. The molecule has 2 radical (unpaired) electrons. The molecule has 12 heavy (non-hydrogen) atoms. The maximum absolute atomic E-state index is 10.4. The zero-order valence-electron chi connectivity index (χ0n) is 6.37. The van der Waals surface area contributed by atoms with E-state index < -0.39 is 0 Å². The number of nitrogens with one attached hydrogen (secondary N) is 1. The number of rotatable bonds is 1. The number of H-pyrrole nitrogens is 1. The predicted molar refractivity (Wildman–Crippen MR) is 49.1 cm³/mol. The first kappa shape index (κ1) is 7.16. The third-order valence-corrected chi connectivity index (χ3v) is 1.79. The van der Waals surface area contributed by atoms with Crippen molar-refractivity contribution in [2.75, 3.05) is 0 Å². The monoisotopic (exact) mass is 155 g/mol. The number of aldehydes is 1. The van der Waals surface area contributed by atoms with Crippen LogP contribution >= 0.6 is 0 Å². The summed E-state index contributed by atoms with van der Waals surface area (Å²) in [4.78, 5) is 13.3. The Balaban J connectivity index is 2.75. The van der Waals surface area contributed by atoms with Crippen LogP contribution in [0.1, 0.15) is 10.5 Å². The number of carbonyl (C=O) groups excluding carboxylic acids is 1. The van der Waals surface area contributed by atoms with Crippen LogP contribution in [-0.2, 0) is 0 Å². The summed E-state index contributed by atoms with van der Waals surface area (Å²) in [5.41, 5.74) is 2.22. The molecule has 0 spiro atoms. The fourth-order valence-corrected chi connectivity index (χ4v) is 1.24. The molecule has 1 aromatic carbocycles. The van der Waals surface area contributed by atoms with Crippen molar-refractivity contribution >= 4 is 30.5 Å². The summed E-state index contributed by atoms with van der Waals surface area (Å²) in [5, 5.41) is 0.970. The minimum Gasteiger partial charge on any atom is -0.352 e. The highest BCUT2D eigenvalue weighted by Gasteiger charge is 1.97. The SMILES string of the molecule is [B]c1ccc2[nH]c(C=O)cc2c1. The van der Waals surface area contributed by atoms with E-state index in [1.165, 1.54) is 0 Å². The summed E-state index contributed by atoms with van der Waals surface area (Å²) >= 11 is 0. The Labute approximate surface area is 71.0 Å². The Hall–Kier alpha value is -1.51. The highest BCUT2D eigenvalue weighted by Crippen LogP contribution is 2.11. The van der Waals surface area contributed by atoms with Crippen LogP contribution in [0.15, 0.2) is 24.3 Å². The molecule has 0 saturated carbocycles. The first-order valence-electron chi connectivity index (χ1n) is 3.63. The normalized spacial score (nSPS) is 10.3. The molecule has 0 amide bonds. The molecule has 2 nitrogen and oxygen atoms in total. The van der Waals surface area contributed by atoms with Gasteiger partial charge >= 0.3 is 0 Å². The van der Waals surface area contributed by atoms with E-state index in [2.05, 4.69) is 4.98 Å². The Morgan fingerprint density at radius 3 is 2.92 bits per heavy atom. The lowest BCUT2D eigenvalue weighted by molar-refractivity contribution is 0.112. The summed E-state index contributed by atoms with van der Waals surface area (Å²) in [6.07, 6.45) is 0.788. The molecule has 3 heteroatoms. The van der Waals surface area contributed by atoms with Crippen LogP contribution in [0.5, 0.6) is 0 Å². The largest absolute Gasteiger partial charge is 0.352 e. The summed E-state index contributed by atoms with van der Waals surface area (Å²) in [5.74, 6) is 0. The van der Waals surface area contributed by atoms with Gasteiger partial charge in [-0.2, -0.15) is 0 Å². The lowest BCUT2D eigenvalue weighted by Gasteiger charge is -1.90. The molecular weight excluding hydrogens is 149 g/mol. The van der Waals surface area contributed by atoms with Crippen LogP contribution in [0, 0.1) is 0 Å². The lowest BCUT2D eigenvalue weighted by Crippen LogP contribution is -1.98. The van der Waals surface area contributed by atoms with Gasteiger partial charge < -0.3 is 4.98 Å². The van der Waals surface area contributed by atoms with E-state index in [-0.39, 0.29) is 0 Å². The van der Waals surface area contributed by atoms with Gasteiger partial charge in [-0.05, 0) is 17.5 Å². The molecular formula is C9H6BNO. The minimum absolute atomic E-state index is 0.579. The molecule has 0 aliphatic rings. The summed E-state index contributed by atoms with van der Waals surface area (Å²) in [6, 6.07) is 7.27. The van der Waals surface area contributed by atoms with E-state index in [1.807, 2.05) is 12.1 Å². The molecule has 2 aromatic rings. The average Bonchev–Trinajstić information content (AvgIpc) is 2.46. The van der Waals surface area contributed by atoms with Gasteiger partial charge in [-0.3, -0.25) is 4.79 Å². The number of fused-ring (bicyclic) bond motifs is 1. The zero-order valence-corrected chi connectivity index (χ0v) is 6.37. The zero-order chi connectivity index (χ0) is 8.55. The number of hydrogen-bond acceptors (Lipinski definition) is 1. The molecule has 0 saturated heterocycles. The molecule has 0 bridgehead atoms. The Bertz CT molecular complexity index is 433. The van der Waals surface area contributed by atoms with Gasteiger partial charge in [0.25, 0.3) is 0 Å². The van der Waals surface area contributed by atoms with Gasteiger partial charge in [0.1, 0.15) is 7.85 Å². The van der Waals surface area contributed by atoms with Crippen molar-refractivity contribution in [3.63, 3.8) is 0 Å². The van der Waals surface area contributed by atoms with Crippen LogP contribution < -0.4 is 5.46 Å². The van der Waals surface area contributed by atoms with Gasteiger partial charge in [-0.15, -0.1) is 0 Å². The van der Waals surface area contributed by atoms with Crippen molar-refractivity contribution in [1.82, 2.24) is 4.98 Å². The van der Waals surface area contributed by atoms with E-state index in [0.29, 0.717) is 11.2 Å². The molecule has 0 atom stereocenters. The topological polar surface area (TPSA) is 32.9 Å². The number of benzene rings is 1. The number of aromatic amines is 1. The Morgan fingerprint density at radius 2 is 2.17 bits per heavy atom. The predicted octanol–water partition coefficient (Wildman–Crippen LogP) is 0.774. The van der Waals surface area contributed by atoms with E-state index in [9.17, 15) is 4.79 Å². The van der Waals surface area contributed by atoms with E-state index in [0.717, 1.165) is 17.2 Å². The maximum Gasteiger partial charge on any atom is 0.166 e. The highest BCUT2D eigenvalue weighted by atomic mass is 16.1. The Kier molecular flexibility index (Phi) is 1.50. The van der Waals surface area contributed by atoms with Crippen LogP contribution in [-0.4, -0.2) is 19.1 Å². The fraction of sp³-hybridized carbons (Fsp3) is 0. The summed E-state index contributed by atoms with van der Waals surface area (Å²) < 4.78 is 0. The van der Waals surface area contributed by atoms with Crippen LogP contribution in [0.25, 0.3) is 10.9 Å². The molecule has 1 aromatic heterocycles. The summed E-state index contributed by atoms with van der Waals surface area (Å²) in [6.45, 7) is 0. The van der Waals surface area contributed by atoms with Gasteiger partial charge in [0.2, 0.25) is 0 Å². The van der Waals surface area contributed by atoms with Crippen LogP contribution in [0.4, 0.5) is 0 Å². The summed E-state index contributed by atoms with van der Waals surface area (Å²) in [7, 11) is 5.57. The van der Waals surface area contributed by atoms with Crippen molar-refractivity contribution in [3.05, 3.63) is 30.0 Å². The average molecular weight is 155 g/mol. The van der Waals surface area contributed by atoms with Crippen molar-refractivity contribution < 1.29 is 4.79 Å². The van der Waals surface area contributed by atoms with Gasteiger partial charge in [-0.25, -0.2) is 0 Å². The first-order valence-corrected chi connectivity index (χ1v) is 3.63. The second-order valence-electron chi connectivity index (χ2n) is 2.69. The second kappa shape index (κ2) is 2.52. The van der Waals surface area contributed by atoms with Crippen molar-refractivity contribution in [2.24, 2.45) is 0 Å². The second-order valence-corrected chi connectivity index (χ2v) is 2.69. The van der Waals surface area contributed by atoms with Gasteiger partial charge in [-0.1, -0.05) is 17.6 Å². The smallest absolute Gasteiger partial charge is 0.166 e. The van der Waals surface area contributed by atoms with Crippen molar-refractivity contribution in [1.29, 1.82) is 0 Å². The van der Waals surface area contributed by atoms with Gasteiger partial charge in [0.15, 0.2) is 6.29 Å². The van der Waals surface area contributed by atoms with E-state index in [1.54, 1.807) is 12.1 Å². The number of carbonyl (C=O) groups is 1. The number of aromatic nitrogens is 1. The molecule has 56 valence electrons. The van der Waals surface area contributed by atoms with Crippen LogP contribution in [0.2, 0.25) is 0 Å². The van der Waals surface area contributed by atoms with Crippen molar-refractivity contribution in [2.45, 2.75) is 0 Å². The lowest BCUT2D eigenvalue weighted by atomic mass is 9.95. The first-order chi connectivity index (χ1) is 5.79. The third kappa shape index (κ3) is 1.03. The van der Waals surface area contributed by atoms with Crippen molar-refractivity contribution in [3.8, 4) is 0 Å². The van der Waals surface area contributed by atoms with E-state index in [4.69, 9.17) is 7.85 Å². The van der Waals surface area contributed by atoms with Gasteiger partial charge in [0, 0.05) is 5.52 Å². The fourth-order valence-electron chi connectivity index (χ4n) is 1.24. The molecule has 0 aliphatic carbocycles. The molecule has 0 fully saturated rings. The maximum atomic E-state index is 10.4. The minimum atomic E-state index is 0.579. The Morgan fingerprint density at radius 1 is 1.33 bits per heavy atom. The number of hydrogen-bond donors (Lipinski definition) is 1. The molecule has 1 N–H and O–H groups in total. The third-order valence-electron chi connectivity index (χ3n) is 1.79. The molecule has 0 unspecified atom stereocenters. The quantitative estimate of drug-likeness (QED) is 0.478. The van der Waals surface area contributed by atoms with Gasteiger partial charge in [0.05, 0.1) is 5.69 Å². The van der Waals surface area contributed by atoms with E-state index >= 15 is 0 Å².